The van der Waals surface area contributed by atoms with Crippen molar-refractivity contribution >= 4 is 44.4 Å². The van der Waals surface area contributed by atoms with Gasteiger partial charge in [-0.05, 0) is 83.1 Å². The molecule has 1 aromatic carbocycles. The minimum absolute atomic E-state index is 0.0622. The third kappa shape index (κ3) is 8.76. The van der Waals surface area contributed by atoms with E-state index in [2.05, 4.69) is 16.6 Å². The van der Waals surface area contributed by atoms with E-state index in [1.54, 1.807) is 39.0 Å². The molecule has 6 rings (SSSR count). The van der Waals surface area contributed by atoms with Crippen molar-refractivity contribution < 1.29 is 41.8 Å². The monoisotopic (exact) mass is 765 g/mol. The first-order valence-corrected chi connectivity index (χ1v) is 21.0. The van der Waals surface area contributed by atoms with Crippen LogP contribution in [-0.4, -0.2) is 78.5 Å². The number of ketones is 1. The Hall–Kier alpha value is -4.00. The Morgan fingerprint density at radius 2 is 1.80 bits per heavy atom. The highest BCUT2D eigenvalue weighted by Gasteiger charge is 2.61. The van der Waals surface area contributed by atoms with Gasteiger partial charge in [0, 0.05) is 23.6 Å². The average molecular weight is 766 g/mol. The number of pyridine rings is 1. The molecule has 2 saturated carbocycles. The lowest BCUT2D eigenvalue weighted by Crippen LogP contribution is -2.48. The predicted molar refractivity (Wildman–Crippen MR) is 203 cm³/mol. The van der Waals surface area contributed by atoms with Crippen molar-refractivity contribution in [2.24, 2.45) is 29.1 Å². The summed E-state index contributed by atoms with van der Waals surface area (Å²) < 4.78 is 45.9. The number of hydrogen-bond acceptors (Lipinski definition) is 10. The quantitative estimate of drug-likeness (QED) is 0.240. The summed E-state index contributed by atoms with van der Waals surface area (Å²) in [6.45, 7) is 9.59. The number of fused-ring (bicyclic) bond motifs is 3. The predicted octanol–water partition coefficient (Wildman–Crippen LogP) is 5.92. The molecule has 2 aromatic rings. The SMILES string of the molecule is CC[C@@H]1C[C@H](C)CC/C=C\[C@@H]2C[C@@]2(C(=O)NS(=O)(=O)C2CC2)CC(=O)[C@@H]2C[C@@H](Oc3ncc(OC)c4ccccc34)CN2C(=O)[C@H]1CC(=O)OC(C)(C)C. The van der Waals surface area contributed by atoms with Gasteiger partial charge < -0.3 is 19.1 Å². The zero-order chi connectivity index (χ0) is 39.0. The molecule has 12 nitrogen and oxygen atoms in total. The van der Waals surface area contributed by atoms with Crippen molar-refractivity contribution in [3.63, 3.8) is 0 Å². The molecular weight excluding hydrogens is 711 g/mol. The Kier molecular flexibility index (Phi) is 11.5. The summed E-state index contributed by atoms with van der Waals surface area (Å²) in [7, 11) is -2.29. The molecule has 54 heavy (non-hydrogen) atoms. The van der Waals surface area contributed by atoms with Gasteiger partial charge >= 0.3 is 5.97 Å². The first-order valence-electron chi connectivity index (χ1n) is 19.4. The van der Waals surface area contributed by atoms with Gasteiger partial charge in [-0.25, -0.2) is 13.4 Å². The molecule has 3 heterocycles. The van der Waals surface area contributed by atoms with Crippen molar-refractivity contribution in [3.05, 3.63) is 42.6 Å². The van der Waals surface area contributed by atoms with Crippen LogP contribution in [0, 0.1) is 29.1 Å². The van der Waals surface area contributed by atoms with Gasteiger partial charge in [0.15, 0.2) is 5.78 Å². The minimum atomic E-state index is -3.85. The van der Waals surface area contributed by atoms with E-state index in [0.717, 1.165) is 18.2 Å². The number of benzene rings is 1. The Morgan fingerprint density at radius 1 is 1.07 bits per heavy atom. The van der Waals surface area contributed by atoms with Gasteiger partial charge in [0.2, 0.25) is 27.7 Å². The van der Waals surface area contributed by atoms with Crippen LogP contribution in [-0.2, 0) is 33.9 Å². The molecule has 0 unspecified atom stereocenters. The summed E-state index contributed by atoms with van der Waals surface area (Å²) in [5.41, 5.74) is -1.99. The average Bonchev–Trinajstić information content (AvgIpc) is 4.04. The number of rotatable bonds is 9. The van der Waals surface area contributed by atoms with Crippen LogP contribution in [0.25, 0.3) is 10.8 Å². The number of allylic oxidation sites excluding steroid dienone is 2. The molecule has 0 spiro atoms. The number of methoxy groups -OCH3 is 1. The molecular formula is C41H55N3O9S. The summed E-state index contributed by atoms with van der Waals surface area (Å²) in [5, 5.41) is 0.910. The van der Waals surface area contributed by atoms with Crippen molar-refractivity contribution in [2.75, 3.05) is 13.7 Å². The first-order chi connectivity index (χ1) is 25.5. The standard InChI is InChI=1S/C41H55N3O9S/c1-7-26-18-25(2)12-8-9-13-27-21-41(27,39(48)43-54(49,50)29-16-17-29)22-34(45)33-19-28(24-44(33)38(47)32(26)20-36(46)53-40(3,4)5)52-37-31-15-11-10-14-30(31)35(51-6)23-42-37/h9-11,13-15,23,25-29,32-33H,7-8,12,16-22,24H2,1-6H3,(H,43,48)/b13-9-/t25-,26-,27-,28-,32+,33+,41-/m1/s1. The molecule has 1 aromatic heterocycles. The molecule has 2 aliphatic carbocycles. The maximum atomic E-state index is 15.0. The molecule has 2 aliphatic heterocycles. The topological polar surface area (TPSA) is 158 Å². The van der Waals surface area contributed by atoms with Gasteiger partial charge in [0.05, 0.1) is 48.9 Å². The molecule has 294 valence electrons. The molecule has 0 bridgehead atoms. The maximum absolute atomic E-state index is 15.0. The van der Waals surface area contributed by atoms with Crippen LogP contribution in [0.15, 0.2) is 42.6 Å². The van der Waals surface area contributed by atoms with Crippen molar-refractivity contribution in [1.82, 2.24) is 14.6 Å². The second kappa shape index (κ2) is 15.6. The van der Waals surface area contributed by atoms with E-state index >= 15 is 0 Å². The number of amides is 2. The second-order valence-corrected chi connectivity index (χ2v) is 18.8. The molecule has 13 heteroatoms. The van der Waals surface area contributed by atoms with E-state index in [4.69, 9.17) is 14.2 Å². The van der Waals surface area contributed by atoms with E-state index in [9.17, 15) is 27.6 Å². The second-order valence-electron chi connectivity index (χ2n) is 16.9. The number of sulfonamides is 1. The zero-order valence-electron chi connectivity index (χ0n) is 32.3. The molecule has 2 amide bonds. The third-order valence-electron chi connectivity index (χ3n) is 11.5. The lowest BCUT2D eigenvalue weighted by molar-refractivity contribution is -0.160. The van der Waals surface area contributed by atoms with Gasteiger partial charge in [0.25, 0.3) is 0 Å². The lowest BCUT2D eigenvalue weighted by Gasteiger charge is -2.33. The van der Waals surface area contributed by atoms with Crippen LogP contribution < -0.4 is 14.2 Å². The number of ether oxygens (including phenoxy) is 3. The molecule has 1 saturated heterocycles. The van der Waals surface area contributed by atoms with Gasteiger partial charge in [-0.3, -0.25) is 23.9 Å². The smallest absolute Gasteiger partial charge is 0.307 e. The molecule has 0 radical (unpaired) electrons. The number of Topliss-reactive ketones (excluding diaryl/α,β-unsaturated/α-hetero) is 1. The maximum Gasteiger partial charge on any atom is 0.307 e. The van der Waals surface area contributed by atoms with Crippen molar-refractivity contribution in [2.45, 2.75) is 122 Å². The number of nitrogens with zero attached hydrogens (tertiary/aromatic N) is 2. The van der Waals surface area contributed by atoms with Crippen molar-refractivity contribution in [3.8, 4) is 11.6 Å². The van der Waals surface area contributed by atoms with Gasteiger partial charge in [-0.2, -0.15) is 0 Å². The number of carbonyl (C=O) groups is 4. The van der Waals surface area contributed by atoms with Crippen molar-refractivity contribution in [1.29, 1.82) is 0 Å². The number of esters is 1. The summed E-state index contributed by atoms with van der Waals surface area (Å²) in [6.07, 6.45) is 8.91. The Bertz CT molecular complexity index is 1900. The molecule has 1 N–H and O–H groups in total. The fraction of sp³-hybridized carbons (Fsp3) is 0.634. The fourth-order valence-electron chi connectivity index (χ4n) is 8.36. The summed E-state index contributed by atoms with van der Waals surface area (Å²) in [6, 6.07) is 6.55. The molecule has 4 aliphatic rings. The number of nitrogens with one attached hydrogen (secondary N) is 1. The number of hydrogen-bond donors (Lipinski definition) is 1. The highest BCUT2D eigenvalue weighted by atomic mass is 32.2. The largest absolute Gasteiger partial charge is 0.494 e. The van der Waals surface area contributed by atoms with E-state index in [0.29, 0.717) is 49.1 Å². The Balaban J connectivity index is 1.36. The highest BCUT2D eigenvalue weighted by molar-refractivity contribution is 7.90. The molecule has 7 atom stereocenters. The first kappa shape index (κ1) is 39.7. The normalized spacial score (nSPS) is 30.0. The van der Waals surface area contributed by atoms with E-state index in [-0.39, 0.29) is 55.3 Å². The number of carbonyl (C=O) groups excluding carboxylic acids is 4. The van der Waals surface area contributed by atoms with E-state index in [1.165, 1.54) is 0 Å². The van der Waals surface area contributed by atoms with Crippen LogP contribution in [0.5, 0.6) is 11.6 Å². The summed E-state index contributed by atoms with van der Waals surface area (Å²) >= 11 is 0. The highest BCUT2D eigenvalue weighted by Crippen LogP contribution is 2.57. The van der Waals surface area contributed by atoms with Crippen LogP contribution in [0.4, 0.5) is 0 Å². The summed E-state index contributed by atoms with van der Waals surface area (Å²) in [4.78, 5) is 62.9. The Morgan fingerprint density at radius 3 is 2.46 bits per heavy atom. The third-order valence-corrected chi connectivity index (χ3v) is 13.3. The van der Waals surface area contributed by atoms with Crippen LogP contribution in [0.2, 0.25) is 0 Å². The Labute approximate surface area is 318 Å². The fourth-order valence-corrected chi connectivity index (χ4v) is 9.75. The lowest BCUT2D eigenvalue weighted by atomic mass is 9.79. The summed E-state index contributed by atoms with van der Waals surface area (Å²) in [5.74, 6) is -1.91. The van der Waals surface area contributed by atoms with Crippen LogP contribution in [0.1, 0.15) is 98.8 Å². The molecule has 3 fully saturated rings. The van der Waals surface area contributed by atoms with Crippen LogP contribution >= 0.6 is 0 Å². The van der Waals surface area contributed by atoms with Crippen LogP contribution in [0.3, 0.4) is 0 Å². The minimum Gasteiger partial charge on any atom is -0.494 e. The van der Waals surface area contributed by atoms with Gasteiger partial charge in [-0.1, -0.05) is 50.6 Å². The zero-order valence-corrected chi connectivity index (χ0v) is 33.2. The number of aromatic nitrogens is 1. The van der Waals surface area contributed by atoms with Gasteiger partial charge in [0.1, 0.15) is 17.5 Å². The van der Waals surface area contributed by atoms with E-state index < -0.39 is 56.2 Å². The van der Waals surface area contributed by atoms with Gasteiger partial charge in [-0.15, -0.1) is 0 Å². The van der Waals surface area contributed by atoms with E-state index in [1.807, 2.05) is 43.3 Å².